The topological polar surface area (TPSA) is 62.5 Å². The molecule has 4 nitrogen and oxygen atoms in total. The summed E-state index contributed by atoms with van der Waals surface area (Å²) in [6.07, 6.45) is 1.31. The number of aryl methyl sites for hydroxylation is 2. The van der Waals surface area contributed by atoms with Crippen LogP contribution < -0.4 is 5.32 Å². The third-order valence-corrected chi connectivity index (χ3v) is 3.29. The molecule has 0 saturated carbocycles. The number of rotatable bonds is 5. The lowest BCUT2D eigenvalue weighted by molar-refractivity contribution is 0.0854. The summed E-state index contributed by atoms with van der Waals surface area (Å²) >= 11 is 0. The summed E-state index contributed by atoms with van der Waals surface area (Å²) in [7, 11) is 0. The maximum atomic E-state index is 12.2. The standard InChI is InChI=1S/C15H25NO3/c1-6-11-9-10(2)13(19-11)14(18)16-12(7-8-17)15(3,4)5/h9,12,17H,6-8H2,1-5H3,(H,16,18). The van der Waals surface area contributed by atoms with Crippen LogP contribution in [-0.4, -0.2) is 23.7 Å². The van der Waals surface area contributed by atoms with E-state index >= 15 is 0 Å². The monoisotopic (exact) mass is 267 g/mol. The van der Waals surface area contributed by atoms with E-state index in [9.17, 15) is 4.79 Å². The quantitative estimate of drug-likeness (QED) is 0.862. The Kier molecular flexibility index (Phi) is 5.18. The Hall–Kier alpha value is -1.29. The highest BCUT2D eigenvalue weighted by atomic mass is 16.4. The van der Waals surface area contributed by atoms with Crippen LogP contribution in [0.1, 0.15) is 56.0 Å². The molecule has 4 heteroatoms. The lowest BCUT2D eigenvalue weighted by atomic mass is 9.85. The Morgan fingerprint density at radius 2 is 2.11 bits per heavy atom. The third kappa shape index (κ3) is 4.10. The zero-order valence-corrected chi connectivity index (χ0v) is 12.5. The zero-order valence-electron chi connectivity index (χ0n) is 12.5. The average Bonchev–Trinajstić information content (AvgIpc) is 2.68. The van der Waals surface area contributed by atoms with Gasteiger partial charge in [0, 0.05) is 24.6 Å². The molecular weight excluding hydrogens is 242 g/mol. The molecule has 0 saturated heterocycles. The summed E-state index contributed by atoms with van der Waals surface area (Å²) in [5.74, 6) is 0.992. The summed E-state index contributed by atoms with van der Waals surface area (Å²) in [5, 5.41) is 12.1. The molecule has 0 aliphatic rings. The number of carbonyl (C=O) groups is 1. The molecule has 1 amide bonds. The molecule has 0 aromatic carbocycles. The van der Waals surface area contributed by atoms with Crippen molar-refractivity contribution in [3.8, 4) is 0 Å². The number of nitrogens with one attached hydrogen (secondary N) is 1. The number of aliphatic hydroxyl groups excluding tert-OH is 1. The van der Waals surface area contributed by atoms with Gasteiger partial charge in [-0.25, -0.2) is 0 Å². The van der Waals surface area contributed by atoms with Gasteiger partial charge in [0.05, 0.1) is 0 Å². The molecule has 0 aliphatic carbocycles. The second-order valence-corrected chi connectivity index (χ2v) is 5.98. The first kappa shape index (κ1) is 15.8. The molecule has 108 valence electrons. The molecule has 0 spiro atoms. The Morgan fingerprint density at radius 3 is 2.53 bits per heavy atom. The van der Waals surface area contributed by atoms with Crippen LogP contribution in [0.2, 0.25) is 0 Å². The van der Waals surface area contributed by atoms with Crippen LogP contribution in [0.4, 0.5) is 0 Å². The Balaban J connectivity index is 2.84. The summed E-state index contributed by atoms with van der Waals surface area (Å²) in [5.41, 5.74) is 0.748. The predicted molar refractivity (Wildman–Crippen MR) is 75.2 cm³/mol. The second-order valence-electron chi connectivity index (χ2n) is 5.98. The Labute approximate surface area is 115 Å². The van der Waals surface area contributed by atoms with Crippen molar-refractivity contribution in [3.63, 3.8) is 0 Å². The molecule has 1 aromatic heterocycles. The molecule has 1 aromatic rings. The fraction of sp³-hybridized carbons (Fsp3) is 0.667. The van der Waals surface area contributed by atoms with Gasteiger partial charge in [-0.3, -0.25) is 4.79 Å². The molecule has 0 bridgehead atoms. The molecular formula is C15H25NO3. The van der Waals surface area contributed by atoms with Crippen LogP contribution in [0.15, 0.2) is 10.5 Å². The minimum atomic E-state index is -0.203. The van der Waals surface area contributed by atoms with E-state index in [2.05, 4.69) is 5.32 Å². The lowest BCUT2D eigenvalue weighted by Gasteiger charge is -2.30. The van der Waals surface area contributed by atoms with Gasteiger partial charge in [0.2, 0.25) is 0 Å². The molecule has 0 fully saturated rings. The molecule has 1 heterocycles. The van der Waals surface area contributed by atoms with Crippen LogP contribution in [0.25, 0.3) is 0 Å². The molecule has 19 heavy (non-hydrogen) atoms. The van der Waals surface area contributed by atoms with E-state index in [1.165, 1.54) is 0 Å². The maximum Gasteiger partial charge on any atom is 0.287 e. The van der Waals surface area contributed by atoms with Gasteiger partial charge in [0.15, 0.2) is 5.76 Å². The fourth-order valence-electron chi connectivity index (χ4n) is 2.02. The van der Waals surface area contributed by atoms with Crippen molar-refractivity contribution < 1.29 is 14.3 Å². The van der Waals surface area contributed by atoms with Crippen molar-refractivity contribution in [2.45, 2.75) is 53.5 Å². The third-order valence-electron chi connectivity index (χ3n) is 3.29. The number of aliphatic hydroxyl groups is 1. The Morgan fingerprint density at radius 1 is 1.47 bits per heavy atom. The molecule has 1 atom stereocenters. The highest BCUT2D eigenvalue weighted by Crippen LogP contribution is 2.23. The first-order valence-corrected chi connectivity index (χ1v) is 6.80. The number of hydrogen-bond donors (Lipinski definition) is 2. The van der Waals surface area contributed by atoms with Gasteiger partial charge in [-0.05, 0) is 24.8 Å². The normalized spacial score (nSPS) is 13.4. The van der Waals surface area contributed by atoms with Gasteiger partial charge >= 0.3 is 0 Å². The molecule has 0 radical (unpaired) electrons. The first-order chi connectivity index (χ1) is 8.79. The number of hydrogen-bond acceptors (Lipinski definition) is 3. The number of carbonyl (C=O) groups excluding carboxylic acids is 1. The van der Waals surface area contributed by atoms with Gasteiger partial charge in [0.1, 0.15) is 5.76 Å². The zero-order chi connectivity index (χ0) is 14.6. The van der Waals surface area contributed by atoms with Crippen LogP contribution in [0.3, 0.4) is 0 Å². The van der Waals surface area contributed by atoms with E-state index in [4.69, 9.17) is 9.52 Å². The summed E-state index contributed by atoms with van der Waals surface area (Å²) in [6.45, 7) is 10.0. The van der Waals surface area contributed by atoms with E-state index < -0.39 is 0 Å². The highest BCUT2D eigenvalue weighted by Gasteiger charge is 2.27. The van der Waals surface area contributed by atoms with E-state index in [0.717, 1.165) is 17.7 Å². The van der Waals surface area contributed by atoms with Crippen molar-refractivity contribution in [3.05, 3.63) is 23.2 Å². The van der Waals surface area contributed by atoms with Gasteiger partial charge < -0.3 is 14.8 Å². The van der Waals surface area contributed by atoms with E-state index in [1.807, 2.05) is 40.7 Å². The van der Waals surface area contributed by atoms with Gasteiger partial charge in [-0.15, -0.1) is 0 Å². The fourth-order valence-corrected chi connectivity index (χ4v) is 2.02. The predicted octanol–water partition coefficient (Wildman–Crippen LogP) is 2.68. The van der Waals surface area contributed by atoms with Gasteiger partial charge in [-0.2, -0.15) is 0 Å². The smallest absolute Gasteiger partial charge is 0.287 e. The minimum Gasteiger partial charge on any atom is -0.456 e. The minimum absolute atomic E-state index is 0.0551. The van der Waals surface area contributed by atoms with Gasteiger partial charge in [0.25, 0.3) is 5.91 Å². The van der Waals surface area contributed by atoms with Crippen LogP contribution >= 0.6 is 0 Å². The maximum absolute atomic E-state index is 12.2. The molecule has 1 rings (SSSR count). The van der Waals surface area contributed by atoms with Gasteiger partial charge in [-0.1, -0.05) is 27.7 Å². The van der Waals surface area contributed by atoms with Crippen molar-refractivity contribution in [2.24, 2.45) is 5.41 Å². The highest BCUT2D eigenvalue weighted by molar-refractivity contribution is 5.93. The lowest BCUT2D eigenvalue weighted by Crippen LogP contribution is -2.44. The molecule has 0 aliphatic heterocycles. The number of furan rings is 1. The van der Waals surface area contributed by atoms with Crippen LogP contribution in [0, 0.1) is 12.3 Å². The summed E-state index contributed by atoms with van der Waals surface area (Å²) in [4.78, 5) is 12.2. The first-order valence-electron chi connectivity index (χ1n) is 6.80. The van der Waals surface area contributed by atoms with E-state index in [-0.39, 0.29) is 24.0 Å². The summed E-state index contributed by atoms with van der Waals surface area (Å²) in [6, 6.07) is 1.81. The van der Waals surface area contributed by atoms with Crippen molar-refractivity contribution in [1.29, 1.82) is 0 Å². The van der Waals surface area contributed by atoms with Crippen LogP contribution in [0.5, 0.6) is 0 Å². The molecule has 2 N–H and O–H groups in total. The largest absolute Gasteiger partial charge is 0.456 e. The van der Waals surface area contributed by atoms with E-state index in [0.29, 0.717) is 12.2 Å². The van der Waals surface area contributed by atoms with Crippen molar-refractivity contribution >= 4 is 5.91 Å². The van der Waals surface area contributed by atoms with E-state index in [1.54, 1.807) is 0 Å². The van der Waals surface area contributed by atoms with Crippen LogP contribution in [-0.2, 0) is 6.42 Å². The van der Waals surface area contributed by atoms with Crippen molar-refractivity contribution in [2.75, 3.05) is 6.61 Å². The SMILES string of the molecule is CCc1cc(C)c(C(=O)NC(CCO)C(C)(C)C)o1. The second kappa shape index (κ2) is 6.24. The Bertz CT molecular complexity index is 429. The summed E-state index contributed by atoms with van der Waals surface area (Å²) < 4.78 is 5.54. The van der Waals surface area contributed by atoms with Crippen molar-refractivity contribution in [1.82, 2.24) is 5.32 Å². The molecule has 1 unspecified atom stereocenters. The average molecular weight is 267 g/mol. The number of amides is 1.